The highest BCUT2D eigenvalue weighted by Gasteiger charge is 2.00. The SMILES string of the molecule is C=Cn1ncnc1NC(C)=O. The molecule has 0 spiro atoms. The fraction of sp³-hybridized carbons (Fsp3) is 0.167. The zero-order chi connectivity index (χ0) is 8.27. The zero-order valence-corrected chi connectivity index (χ0v) is 6.11. The Kier molecular flexibility index (Phi) is 2.00. The van der Waals surface area contributed by atoms with Gasteiger partial charge in [0, 0.05) is 13.1 Å². The minimum absolute atomic E-state index is 0.180. The van der Waals surface area contributed by atoms with Crippen molar-refractivity contribution in [1.29, 1.82) is 0 Å². The molecule has 0 atom stereocenters. The molecule has 1 aromatic rings. The van der Waals surface area contributed by atoms with Crippen molar-refractivity contribution in [2.75, 3.05) is 5.32 Å². The summed E-state index contributed by atoms with van der Waals surface area (Å²) < 4.78 is 1.38. The first-order valence-corrected chi connectivity index (χ1v) is 3.03. The molecule has 11 heavy (non-hydrogen) atoms. The van der Waals surface area contributed by atoms with Crippen molar-refractivity contribution in [3.63, 3.8) is 0 Å². The van der Waals surface area contributed by atoms with Gasteiger partial charge in [0.1, 0.15) is 6.33 Å². The van der Waals surface area contributed by atoms with Gasteiger partial charge in [-0.3, -0.25) is 10.1 Å². The van der Waals surface area contributed by atoms with Crippen LogP contribution in [0.4, 0.5) is 5.95 Å². The Hall–Kier alpha value is -1.65. The molecule has 0 radical (unpaired) electrons. The van der Waals surface area contributed by atoms with E-state index in [9.17, 15) is 4.79 Å². The van der Waals surface area contributed by atoms with Gasteiger partial charge < -0.3 is 0 Å². The van der Waals surface area contributed by atoms with Gasteiger partial charge in [0.2, 0.25) is 11.9 Å². The van der Waals surface area contributed by atoms with Gasteiger partial charge >= 0.3 is 0 Å². The molecule has 0 aliphatic rings. The fourth-order valence-corrected chi connectivity index (χ4v) is 0.631. The first kappa shape index (κ1) is 7.46. The number of anilines is 1. The Morgan fingerprint density at radius 3 is 3.18 bits per heavy atom. The lowest BCUT2D eigenvalue weighted by Gasteiger charge is -1.98. The summed E-state index contributed by atoms with van der Waals surface area (Å²) in [6.45, 7) is 4.89. The molecule has 58 valence electrons. The topological polar surface area (TPSA) is 59.8 Å². The second kappa shape index (κ2) is 2.96. The fourth-order valence-electron chi connectivity index (χ4n) is 0.631. The van der Waals surface area contributed by atoms with Gasteiger partial charge in [0.25, 0.3) is 0 Å². The van der Waals surface area contributed by atoms with E-state index in [1.807, 2.05) is 0 Å². The maximum absolute atomic E-state index is 10.6. The number of hydrogen-bond donors (Lipinski definition) is 1. The van der Waals surface area contributed by atoms with E-state index in [1.165, 1.54) is 24.1 Å². The normalized spacial score (nSPS) is 9.18. The van der Waals surface area contributed by atoms with Crippen LogP contribution in [-0.4, -0.2) is 20.7 Å². The Morgan fingerprint density at radius 1 is 1.91 bits per heavy atom. The highest BCUT2D eigenvalue weighted by Crippen LogP contribution is 1.99. The molecule has 5 nitrogen and oxygen atoms in total. The summed E-state index contributed by atoms with van der Waals surface area (Å²) in [6.07, 6.45) is 2.80. The van der Waals surface area contributed by atoms with Crippen molar-refractivity contribution in [2.45, 2.75) is 6.92 Å². The lowest BCUT2D eigenvalue weighted by Crippen LogP contribution is -2.10. The number of carbonyl (C=O) groups is 1. The number of carbonyl (C=O) groups excluding carboxylic acids is 1. The quantitative estimate of drug-likeness (QED) is 0.664. The predicted molar refractivity (Wildman–Crippen MR) is 40.7 cm³/mol. The largest absolute Gasteiger partial charge is 0.295 e. The van der Waals surface area contributed by atoms with E-state index in [-0.39, 0.29) is 5.91 Å². The lowest BCUT2D eigenvalue weighted by atomic mass is 10.7. The Morgan fingerprint density at radius 2 is 2.64 bits per heavy atom. The highest BCUT2D eigenvalue weighted by molar-refractivity contribution is 5.86. The lowest BCUT2D eigenvalue weighted by molar-refractivity contribution is -0.114. The molecule has 0 aliphatic heterocycles. The molecule has 0 aliphatic carbocycles. The van der Waals surface area contributed by atoms with E-state index in [2.05, 4.69) is 22.0 Å². The van der Waals surface area contributed by atoms with E-state index in [1.54, 1.807) is 0 Å². The van der Waals surface area contributed by atoms with Crippen LogP contribution >= 0.6 is 0 Å². The van der Waals surface area contributed by atoms with Crippen molar-refractivity contribution >= 4 is 18.1 Å². The van der Waals surface area contributed by atoms with Crippen molar-refractivity contribution in [2.24, 2.45) is 0 Å². The van der Waals surface area contributed by atoms with Crippen LogP contribution < -0.4 is 5.32 Å². The minimum Gasteiger partial charge on any atom is -0.295 e. The zero-order valence-electron chi connectivity index (χ0n) is 6.11. The van der Waals surface area contributed by atoms with Gasteiger partial charge in [-0.25, -0.2) is 4.68 Å². The summed E-state index contributed by atoms with van der Waals surface area (Å²) >= 11 is 0. The van der Waals surface area contributed by atoms with Crippen LogP contribution in [-0.2, 0) is 4.79 Å². The van der Waals surface area contributed by atoms with Crippen LogP contribution in [0.3, 0.4) is 0 Å². The van der Waals surface area contributed by atoms with E-state index in [0.29, 0.717) is 5.95 Å². The van der Waals surface area contributed by atoms with Crippen LogP contribution in [0.25, 0.3) is 6.20 Å². The predicted octanol–water partition coefficient (Wildman–Crippen LogP) is 0.337. The molecule has 5 heteroatoms. The van der Waals surface area contributed by atoms with Gasteiger partial charge in [-0.2, -0.15) is 10.1 Å². The molecule has 0 saturated heterocycles. The Balaban J connectivity index is 2.84. The molecule has 0 fully saturated rings. The molecule has 0 saturated carbocycles. The summed E-state index contributed by atoms with van der Waals surface area (Å²) in [5.74, 6) is 0.202. The van der Waals surface area contributed by atoms with Gasteiger partial charge in [-0.05, 0) is 0 Å². The van der Waals surface area contributed by atoms with Crippen LogP contribution in [0.15, 0.2) is 12.9 Å². The number of amides is 1. The van der Waals surface area contributed by atoms with Gasteiger partial charge in [-0.1, -0.05) is 6.58 Å². The number of hydrogen-bond acceptors (Lipinski definition) is 3. The van der Waals surface area contributed by atoms with Gasteiger partial charge in [-0.15, -0.1) is 0 Å². The van der Waals surface area contributed by atoms with Crippen molar-refractivity contribution in [3.8, 4) is 0 Å². The first-order chi connectivity index (χ1) is 5.24. The van der Waals surface area contributed by atoms with E-state index in [0.717, 1.165) is 0 Å². The second-order valence-corrected chi connectivity index (χ2v) is 1.89. The standard InChI is InChI=1S/C6H8N4O/c1-3-10-6(7-4-8-10)9-5(2)11/h3-4H,1H2,2H3,(H,7,8,9,11). The number of nitrogens with one attached hydrogen (secondary N) is 1. The third-order valence-corrected chi connectivity index (χ3v) is 1.03. The highest BCUT2D eigenvalue weighted by atomic mass is 16.1. The van der Waals surface area contributed by atoms with Crippen molar-refractivity contribution in [3.05, 3.63) is 12.9 Å². The van der Waals surface area contributed by atoms with E-state index < -0.39 is 0 Å². The molecule has 1 amide bonds. The summed E-state index contributed by atoms with van der Waals surface area (Å²) in [7, 11) is 0. The number of aromatic nitrogens is 3. The van der Waals surface area contributed by atoms with Gasteiger partial charge in [0.05, 0.1) is 0 Å². The maximum Gasteiger partial charge on any atom is 0.232 e. The van der Waals surface area contributed by atoms with Gasteiger partial charge in [0.15, 0.2) is 0 Å². The molecule has 0 unspecified atom stereocenters. The van der Waals surface area contributed by atoms with E-state index in [4.69, 9.17) is 0 Å². The van der Waals surface area contributed by atoms with Crippen molar-refractivity contribution in [1.82, 2.24) is 14.8 Å². The molecule has 1 N–H and O–H groups in total. The van der Waals surface area contributed by atoms with Crippen LogP contribution in [0.2, 0.25) is 0 Å². The third kappa shape index (κ3) is 1.64. The van der Waals surface area contributed by atoms with Crippen LogP contribution in [0.5, 0.6) is 0 Å². The minimum atomic E-state index is -0.180. The first-order valence-electron chi connectivity index (χ1n) is 3.03. The number of rotatable bonds is 2. The third-order valence-electron chi connectivity index (χ3n) is 1.03. The molecular formula is C6H8N4O. The molecule has 1 rings (SSSR count). The summed E-state index contributed by atoms with van der Waals surface area (Å²) in [5.41, 5.74) is 0. The van der Waals surface area contributed by atoms with Crippen molar-refractivity contribution < 1.29 is 4.79 Å². The average molecular weight is 152 g/mol. The van der Waals surface area contributed by atoms with Crippen LogP contribution in [0, 0.1) is 0 Å². The molecule has 0 aromatic carbocycles. The Bertz CT molecular complexity index is 278. The number of nitrogens with zero attached hydrogens (tertiary/aromatic N) is 3. The maximum atomic E-state index is 10.6. The van der Waals surface area contributed by atoms with Crippen LogP contribution in [0.1, 0.15) is 6.92 Å². The molecular weight excluding hydrogens is 144 g/mol. The Labute approximate surface area is 63.7 Å². The molecule has 0 bridgehead atoms. The summed E-state index contributed by atoms with van der Waals surface area (Å²) in [5, 5.41) is 6.24. The monoisotopic (exact) mass is 152 g/mol. The molecule has 1 heterocycles. The molecule has 1 aromatic heterocycles. The van der Waals surface area contributed by atoms with E-state index >= 15 is 0 Å². The smallest absolute Gasteiger partial charge is 0.232 e. The summed E-state index contributed by atoms with van der Waals surface area (Å²) in [4.78, 5) is 14.3. The average Bonchev–Trinajstić information content (AvgIpc) is 2.34. The second-order valence-electron chi connectivity index (χ2n) is 1.89. The summed E-state index contributed by atoms with van der Waals surface area (Å²) in [6, 6.07) is 0.